The average Bonchev–Trinajstić information content (AvgIpc) is 2.13. The lowest BCUT2D eigenvalue weighted by atomic mass is 10.5. The molecule has 10 heavy (non-hydrogen) atoms. The van der Waals surface area contributed by atoms with Crippen LogP contribution in [0.1, 0.15) is 6.92 Å². The van der Waals surface area contributed by atoms with Crippen molar-refractivity contribution in [3.05, 3.63) is 12.2 Å². The Morgan fingerprint density at radius 3 is 2.90 bits per heavy atom. The monoisotopic (exact) mass is 141 g/mol. The van der Waals surface area contributed by atoms with E-state index in [1.54, 1.807) is 0 Å². The number of carbonyl (C=O) groups is 2. The van der Waals surface area contributed by atoms with Gasteiger partial charge in [0, 0.05) is 13.0 Å². The van der Waals surface area contributed by atoms with Crippen LogP contribution in [0.2, 0.25) is 0 Å². The number of cyclic esters (lactones) is 1. The topological polar surface area (TPSA) is 55.4 Å². The molecule has 1 rings (SSSR count). The molecular weight excluding hydrogens is 134 g/mol. The van der Waals surface area contributed by atoms with Crippen LogP contribution in [0.3, 0.4) is 0 Å². The minimum Gasteiger partial charge on any atom is -0.435 e. The molecule has 0 aliphatic carbocycles. The van der Waals surface area contributed by atoms with Crippen molar-refractivity contribution in [2.45, 2.75) is 13.2 Å². The molecule has 1 N–H and O–H groups in total. The zero-order valence-electron chi connectivity index (χ0n) is 5.46. The fourth-order valence-corrected chi connectivity index (χ4v) is 0.648. The number of hydrogen-bond donors (Lipinski definition) is 1. The maximum atomic E-state index is 10.4. The molecule has 54 valence electrons. The van der Waals surface area contributed by atoms with Crippen LogP contribution in [-0.2, 0) is 14.3 Å². The smallest absolute Gasteiger partial charge is 0.332 e. The molecule has 0 bridgehead atoms. The summed E-state index contributed by atoms with van der Waals surface area (Å²) in [4.78, 5) is 20.7. The summed E-state index contributed by atoms with van der Waals surface area (Å²) in [6, 6.07) is 0. The van der Waals surface area contributed by atoms with Gasteiger partial charge < -0.3 is 10.1 Å². The molecular formula is C6H7NO3. The van der Waals surface area contributed by atoms with Crippen LogP contribution in [0.25, 0.3) is 0 Å². The van der Waals surface area contributed by atoms with E-state index in [9.17, 15) is 9.59 Å². The van der Waals surface area contributed by atoms with Gasteiger partial charge in [0.15, 0.2) is 6.23 Å². The van der Waals surface area contributed by atoms with Gasteiger partial charge in [0.2, 0.25) is 5.91 Å². The molecule has 4 heteroatoms. The van der Waals surface area contributed by atoms with Gasteiger partial charge >= 0.3 is 5.97 Å². The van der Waals surface area contributed by atoms with Crippen LogP contribution in [-0.4, -0.2) is 18.1 Å². The molecule has 0 spiro atoms. The molecule has 1 atom stereocenters. The SMILES string of the molecule is CC(=O)N[C@H]1C=CC(=O)O1. The first-order chi connectivity index (χ1) is 4.68. The molecule has 4 nitrogen and oxygen atoms in total. The minimum absolute atomic E-state index is 0.218. The Morgan fingerprint density at radius 1 is 1.80 bits per heavy atom. The van der Waals surface area contributed by atoms with Gasteiger partial charge in [0.05, 0.1) is 0 Å². The molecule has 1 aliphatic rings. The summed E-state index contributed by atoms with van der Waals surface area (Å²) >= 11 is 0. The predicted octanol–water partition coefficient (Wildman–Crippen LogP) is -0.438. The number of amides is 1. The van der Waals surface area contributed by atoms with Crippen molar-refractivity contribution in [1.29, 1.82) is 0 Å². The van der Waals surface area contributed by atoms with E-state index < -0.39 is 12.2 Å². The Balaban J connectivity index is 2.40. The van der Waals surface area contributed by atoms with E-state index in [1.165, 1.54) is 19.1 Å². The zero-order valence-corrected chi connectivity index (χ0v) is 5.46. The van der Waals surface area contributed by atoms with E-state index in [0.29, 0.717) is 0 Å². The first kappa shape index (κ1) is 6.80. The average molecular weight is 141 g/mol. The Hall–Kier alpha value is -1.32. The Morgan fingerprint density at radius 2 is 2.50 bits per heavy atom. The summed E-state index contributed by atoms with van der Waals surface area (Å²) in [6.07, 6.45) is 2.20. The quantitative estimate of drug-likeness (QED) is 0.504. The van der Waals surface area contributed by atoms with Gasteiger partial charge in [-0.1, -0.05) is 0 Å². The van der Waals surface area contributed by atoms with E-state index in [4.69, 9.17) is 0 Å². The number of esters is 1. The maximum absolute atomic E-state index is 10.4. The lowest BCUT2D eigenvalue weighted by Crippen LogP contribution is -2.32. The van der Waals surface area contributed by atoms with Gasteiger partial charge in [-0.05, 0) is 6.08 Å². The second-order valence-electron chi connectivity index (χ2n) is 1.92. The first-order valence-electron chi connectivity index (χ1n) is 2.84. The van der Waals surface area contributed by atoms with Crippen LogP contribution in [0.5, 0.6) is 0 Å². The molecule has 1 heterocycles. The molecule has 1 aliphatic heterocycles. The molecule has 0 radical (unpaired) electrons. The summed E-state index contributed by atoms with van der Waals surface area (Å²) in [6.45, 7) is 1.36. The summed E-state index contributed by atoms with van der Waals surface area (Å²) in [5, 5.41) is 2.40. The van der Waals surface area contributed by atoms with E-state index in [1.807, 2.05) is 0 Å². The third kappa shape index (κ3) is 1.58. The molecule has 0 saturated heterocycles. The van der Waals surface area contributed by atoms with Gasteiger partial charge in [0.25, 0.3) is 0 Å². The highest BCUT2D eigenvalue weighted by molar-refractivity contribution is 5.85. The van der Waals surface area contributed by atoms with Crippen molar-refractivity contribution in [3.63, 3.8) is 0 Å². The Labute approximate surface area is 57.9 Å². The van der Waals surface area contributed by atoms with Crippen LogP contribution in [0.15, 0.2) is 12.2 Å². The molecule has 0 aromatic heterocycles. The number of nitrogens with one attached hydrogen (secondary N) is 1. The normalized spacial score (nSPS) is 22.5. The van der Waals surface area contributed by atoms with Crippen molar-refractivity contribution in [1.82, 2.24) is 5.32 Å². The second kappa shape index (κ2) is 2.51. The molecule has 0 fully saturated rings. The van der Waals surface area contributed by atoms with Crippen LogP contribution < -0.4 is 5.32 Å². The van der Waals surface area contributed by atoms with Gasteiger partial charge in [0.1, 0.15) is 0 Å². The minimum atomic E-state index is -0.565. The van der Waals surface area contributed by atoms with Crippen LogP contribution in [0, 0.1) is 0 Å². The zero-order chi connectivity index (χ0) is 7.56. The summed E-state index contributed by atoms with van der Waals surface area (Å²) in [5.41, 5.74) is 0. The van der Waals surface area contributed by atoms with Gasteiger partial charge in [-0.2, -0.15) is 0 Å². The fourth-order valence-electron chi connectivity index (χ4n) is 0.648. The van der Waals surface area contributed by atoms with E-state index >= 15 is 0 Å². The molecule has 0 unspecified atom stereocenters. The van der Waals surface area contributed by atoms with Crippen molar-refractivity contribution in [3.8, 4) is 0 Å². The standard InChI is InChI=1S/C6H7NO3/c1-4(8)7-5-2-3-6(9)10-5/h2-3,5H,1H3,(H,7,8)/t5-/m1/s1. The molecule has 0 saturated carbocycles. The van der Waals surface area contributed by atoms with E-state index in [-0.39, 0.29) is 5.91 Å². The lowest BCUT2D eigenvalue weighted by molar-refractivity contribution is -0.141. The van der Waals surface area contributed by atoms with Gasteiger partial charge in [-0.15, -0.1) is 0 Å². The largest absolute Gasteiger partial charge is 0.435 e. The maximum Gasteiger partial charge on any atom is 0.332 e. The molecule has 0 aromatic carbocycles. The summed E-state index contributed by atoms with van der Waals surface area (Å²) < 4.78 is 4.59. The number of carbonyl (C=O) groups excluding carboxylic acids is 2. The second-order valence-corrected chi connectivity index (χ2v) is 1.92. The highest BCUT2D eigenvalue weighted by Crippen LogP contribution is 2.00. The highest BCUT2D eigenvalue weighted by Gasteiger charge is 2.15. The third-order valence-electron chi connectivity index (χ3n) is 0.996. The lowest BCUT2D eigenvalue weighted by Gasteiger charge is -2.07. The van der Waals surface area contributed by atoms with E-state index in [2.05, 4.69) is 10.1 Å². The Bertz CT molecular complexity index is 197. The third-order valence-corrected chi connectivity index (χ3v) is 0.996. The van der Waals surface area contributed by atoms with Gasteiger partial charge in [-0.3, -0.25) is 4.79 Å². The van der Waals surface area contributed by atoms with Crippen molar-refractivity contribution in [2.75, 3.05) is 0 Å². The number of ether oxygens (including phenoxy) is 1. The van der Waals surface area contributed by atoms with Crippen molar-refractivity contribution >= 4 is 11.9 Å². The van der Waals surface area contributed by atoms with Crippen molar-refractivity contribution < 1.29 is 14.3 Å². The van der Waals surface area contributed by atoms with Crippen LogP contribution >= 0.6 is 0 Å². The van der Waals surface area contributed by atoms with Gasteiger partial charge in [-0.25, -0.2) is 4.79 Å². The Kier molecular flexibility index (Phi) is 1.71. The molecule has 0 aromatic rings. The summed E-state index contributed by atoms with van der Waals surface area (Å²) in [5.74, 6) is -0.636. The van der Waals surface area contributed by atoms with E-state index in [0.717, 1.165) is 0 Å². The van der Waals surface area contributed by atoms with Crippen molar-refractivity contribution in [2.24, 2.45) is 0 Å². The number of hydrogen-bond acceptors (Lipinski definition) is 3. The fraction of sp³-hybridized carbons (Fsp3) is 0.333. The highest BCUT2D eigenvalue weighted by atomic mass is 16.6. The number of rotatable bonds is 1. The predicted molar refractivity (Wildman–Crippen MR) is 32.8 cm³/mol. The summed E-state index contributed by atoms with van der Waals surface area (Å²) in [7, 11) is 0. The molecule has 1 amide bonds. The van der Waals surface area contributed by atoms with Crippen LogP contribution in [0.4, 0.5) is 0 Å². The first-order valence-corrected chi connectivity index (χ1v) is 2.84.